The van der Waals surface area contributed by atoms with E-state index in [9.17, 15) is 4.79 Å². The second kappa shape index (κ2) is 8.90. The molecule has 0 atom stereocenters. The van der Waals surface area contributed by atoms with E-state index < -0.39 is 0 Å². The number of carbonyl (C=O) groups excluding carboxylic acids is 1. The SMILES string of the molecule is Cc1ccccc1OCC1=CCN(C2(CC(=O)NO)CCNCC2)c2ccccc21. The van der Waals surface area contributed by atoms with Gasteiger partial charge < -0.3 is 15.0 Å². The maximum Gasteiger partial charge on any atom is 0.245 e. The Labute approximate surface area is 177 Å². The summed E-state index contributed by atoms with van der Waals surface area (Å²) in [5, 5.41) is 12.5. The zero-order valence-corrected chi connectivity index (χ0v) is 17.4. The average molecular weight is 408 g/mol. The number of piperidine rings is 1. The standard InChI is InChI=1S/C24H29N3O3/c1-18-6-2-5-9-22(18)30-17-19-10-15-27(21-8-4-3-7-20(19)21)24(16-23(28)26-29)11-13-25-14-12-24/h2-10,25,29H,11-17H2,1H3,(H,26,28). The third-order valence-corrected chi connectivity index (χ3v) is 6.26. The molecule has 2 aromatic rings. The molecule has 0 radical (unpaired) electrons. The molecule has 2 aromatic carbocycles. The largest absolute Gasteiger partial charge is 0.489 e. The number of rotatable bonds is 6. The molecule has 1 saturated heterocycles. The summed E-state index contributed by atoms with van der Waals surface area (Å²) in [5.41, 5.74) is 6.04. The molecule has 2 aliphatic heterocycles. The van der Waals surface area contributed by atoms with Crippen LogP contribution in [0.2, 0.25) is 0 Å². The second-order valence-corrected chi connectivity index (χ2v) is 8.10. The van der Waals surface area contributed by atoms with Gasteiger partial charge in [0.05, 0.1) is 12.0 Å². The van der Waals surface area contributed by atoms with E-state index in [-0.39, 0.29) is 17.9 Å². The first-order valence-corrected chi connectivity index (χ1v) is 10.5. The maximum atomic E-state index is 12.2. The van der Waals surface area contributed by atoms with Gasteiger partial charge in [0.2, 0.25) is 5.91 Å². The zero-order chi connectivity index (χ0) is 21.0. The van der Waals surface area contributed by atoms with E-state index in [1.165, 1.54) is 0 Å². The molecule has 0 unspecified atom stereocenters. The highest BCUT2D eigenvalue weighted by molar-refractivity contribution is 5.83. The van der Waals surface area contributed by atoms with Crippen molar-refractivity contribution < 1.29 is 14.7 Å². The topological polar surface area (TPSA) is 73.8 Å². The maximum absolute atomic E-state index is 12.2. The van der Waals surface area contributed by atoms with Gasteiger partial charge in [0, 0.05) is 17.8 Å². The Hall–Kier alpha value is -2.83. The first-order valence-electron chi connectivity index (χ1n) is 10.5. The minimum Gasteiger partial charge on any atom is -0.489 e. The highest BCUT2D eigenvalue weighted by Gasteiger charge is 2.41. The van der Waals surface area contributed by atoms with Gasteiger partial charge in [-0.25, -0.2) is 5.48 Å². The fourth-order valence-electron chi connectivity index (χ4n) is 4.62. The predicted molar refractivity (Wildman–Crippen MR) is 118 cm³/mol. The average Bonchev–Trinajstić information content (AvgIpc) is 2.78. The molecule has 0 aliphatic carbocycles. The van der Waals surface area contributed by atoms with Crippen LogP contribution in [0.25, 0.3) is 5.57 Å². The number of aryl methyl sites for hydroxylation is 1. The molecule has 2 heterocycles. The molecule has 4 rings (SSSR count). The normalized spacial score (nSPS) is 17.7. The van der Waals surface area contributed by atoms with Crippen LogP contribution in [0.3, 0.4) is 0 Å². The number of benzene rings is 2. The Kier molecular flexibility index (Phi) is 6.06. The Morgan fingerprint density at radius 1 is 1.17 bits per heavy atom. The molecule has 6 heteroatoms. The van der Waals surface area contributed by atoms with Crippen LogP contribution in [0.15, 0.2) is 54.6 Å². The lowest BCUT2D eigenvalue weighted by Crippen LogP contribution is -2.57. The smallest absolute Gasteiger partial charge is 0.245 e. The lowest BCUT2D eigenvalue weighted by Gasteiger charge is -2.49. The van der Waals surface area contributed by atoms with Crippen LogP contribution < -0.4 is 20.4 Å². The number of carbonyl (C=O) groups is 1. The number of ether oxygens (including phenoxy) is 1. The van der Waals surface area contributed by atoms with Gasteiger partial charge in [-0.1, -0.05) is 42.5 Å². The van der Waals surface area contributed by atoms with E-state index in [4.69, 9.17) is 9.94 Å². The van der Waals surface area contributed by atoms with Crippen LogP contribution in [0.5, 0.6) is 5.75 Å². The summed E-state index contributed by atoms with van der Waals surface area (Å²) in [7, 11) is 0. The van der Waals surface area contributed by atoms with E-state index >= 15 is 0 Å². The molecule has 158 valence electrons. The molecule has 6 nitrogen and oxygen atoms in total. The van der Waals surface area contributed by atoms with Crippen LogP contribution in [0.4, 0.5) is 5.69 Å². The number of nitrogens with zero attached hydrogens (tertiary/aromatic N) is 1. The Morgan fingerprint density at radius 2 is 1.90 bits per heavy atom. The van der Waals surface area contributed by atoms with Crippen molar-refractivity contribution in [3.8, 4) is 5.75 Å². The minimum absolute atomic E-state index is 0.266. The molecule has 1 fully saturated rings. The Bertz CT molecular complexity index is 935. The van der Waals surface area contributed by atoms with Crippen molar-refractivity contribution in [2.24, 2.45) is 0 Å². The molecule has 0 aromatic heterocycles. The molecule has 3 N–H and O–H groups in total. The number of nitrogens with one attached hydrogen (secondary N) is 2. The number of amides is 1. The number of hydrogen-bond donors (Lipinski definition) is 3. The first kappa shape index (κ1) is 20.4. The summed E-state index contributed by atoms with van der Waals surface area (Å²) in [5.74, 6) is 0.555. The molecule has 1 amide bonds. The van der Waals surface area contributed by atoms with Crippen LogP contribution in [-0.4, -0.2) is 42.9 Å². The molecule has 2 aliphatic rings. The summed E-state index contributed by atoms with van der Waals surface area (Å²) < 4.78 is 6.13. The van der Waals surface area contributed by atoms with Crippen molar-refractivity contribution in [1.29, 1.82) is 0 Å². The fraction of sp³-hybridized carbons (Fsp3) is 0.375. The molecular formula is C24H29N3O3. The van der Waals surface area contributed by atoms with E-state index in [1.54, 1.807) is 0 Å². The molecule has 30 heavy (non-hydrogen) atoms. The number of hydroxylamine groups is 1. The quantitative estimate of drug-likeness (QED) is 0.506. The zero-order valence-electron chi connectivity index (χ0n) is 17.4. The third-order valence-electron chi connectivity index (χ3n) is 6.26. The summed E-state index contributed by atoms with van der Waals surface area (Å²) in [6.45, 7) is 4.96. The van der Waals surface area contributed by atoms with E-state index in [1.807, 2.05) is 48.8 Å². The monoisotopic (exact) mass is 407 g/mol. The Balaban J connectivity index is 1.62. The van der Waals surface area contributed by atoms with Gasteiger partial charge in [-0.05, 0) is 56.1 Å². The number of anilines is 1. The van der Waals surface area contributed by atoms with E-state index in [0.717, 1.165) is 54.1 Å². The van der Waals surface area contributed by atoms with Gasteiger partial charge in [-0.15, -0.1) is 0 Å². The molecule has 0 saturated carbocycles. The molecule has 0 bridgehead atoms. The summed E-state index contributed by atoms with van der Waals surface area (Å²) in [4.78, 5) is 14.5. The molecular weight excluding hydrogens is 378 g/mol. The van der Waals surface area contributed by atoms with Crippen LogP contribution in [0, 0.1) is 6.92 Å². The van der Waals surface area contributed by atoms with Crippen LogP contribution in [-0.2, 0) is 4.79 Å². The minimum atomic E-state index is -0.341. The first-order chi connectivity index (χ1) is 14.6. The van der Waals surface area contributed by atoms with Gasteiger partial charge in [-0.3, -0.25) is 10.0 Å². The van der Waals surface area contributed by atoms with Crippen LogP contribution >= 0.6 is 0 Å². The second-order valence-electron chi connectivity index (χ2n) is 8.10. The number of para-hydroxylation sites is 2. The van der Waals surface area contributed by atoms with Crippen LogP contribution in [0.1, 0.15) is 30.4 Å². The summed E-state index contributed by atoms with van der Waals surface area (Å²) in [6.07, 6.45) is 4.17. The van der Waals surface area contributed by atoms with Gasteiger partial charge in [0.1, 0.15) is 12.4 Å². The molecule has 0 spiro atoms. The highest BCUT2D eigenvalue weighted by atomic mass is 16.5. The van der Waals surface area contributed by atoms with Crippen molar-refractivity contribution in [2.45, 2.75) is 31.7 Å². The lowest BCUT2D eigenvalue weighted by molar-refractivity contribution is -0.130. The van der Waals surface area contributed by atoms with Gasteiger partial charge in [-0.2, -0.15) is 0 Å². The van der Waals surface area contributed by atoms with Crippen molar-refractivity contribution in [3.63, 3.8) is 0 Å². The van der Waals surface area contributed by atoms with Crippen molar-refractivity contribution in [1.82, 2.24) is 10.8 Å². The van der Waals surface area contributed by atoms with Crippen molar-refractivity contribution in [2.75, 3.05) is 31.1 Å². The Morgan fingerprint density at radius 3 is 2.67 bits per heavy atom. The number of hydrogen-bond acceptors (Lipinski definition) is 5. The van der Waals surface area contributed by atoms with Crippen molar-refractivity contribution in [3.05, 3.63) is 65.7 Å². The van der Waals surface area contributed by atoms with E-state index in [0.29, 0.717) is 13.2 Å². The van der Waals surface area contributed by atoms with Crippen molar-refractivity contribution >= 4 is 17.2 Å². The third kappa shape index (κ3) is 4.06. The number of fused-ring (bicyclic) bond motifs is 1. The predicted octanol–water partition coefficient (Wildman–Crippen LogP) is 3.30. The van der Waals surface area contributed by atoms with Gasteiger partial charge in [0.15, 0.2) is 0 Å². The fourth-order valence-corrected chi connectivity index (χ4v) is 4.62. The van der Waals surface area contributed by atoms with E-state index in [2.05, 4.69) is 28.4 Å². The summed E-state index contributed by atoms with van der Waals surface area (Å²) >= 11 is 0. The van der Waals surface area contributed by atoms with Gasteiger partial charge in [0.25, 0.3) is 0 Å². The lowest BCUT2D eigenvalue weighted by atomic mass is 9.81. The highest BCUT2D eigenvalue weighted by Crippen LogP contribution is 2.40. The van der Waals surface area contributed by atoms with Gasteiger partial charge >= 0.3 is 0 Å². The summed E-state index contributed by atoms with van der Waals surface area (Å²) in [6, 6.07) is 16.4.